The smallest absolute Gasteiger partial charge is 0.245 e. The van der Waals surface area contributed by atoms with Crippen LogP contribution < -0.4 is 10.6 Å². The predicted octanol–water partition coefficient (Wildman–Crippen LogP) is 1.46. The number of rotatable bonds is 10. The first-order chi connectivity index (χ1) is 15.1. The monoisotopic (exact) mass is 451 g/mol. The maximum atomic E-state index is 13.9. The van der Waals surface area contributed by atoms with Crippen molar-refractivity contribution in [3.05, 3.63) is 0 Å². The van der Waals surface area contributed by atoms with Crippen LogP contribution in [-0.4, -0.2) is 71.2 Å². The van der Waals surface area contributed by atoms with Gasteiger partial charge in [0.2, 0.25) is 17.7 Å². The summed E-state index contributed by atoms with van der Waals surface area (Å²) in [6, 6.07) is -1.35. The molecule has 0 aromatic carbocycles. The number of fused-ring (bicyclic) bond motifs is 1. The fraction of sp³-hybridized carbons (Fsp3) is 0.875. The number of likely N-dealkylation sites (tertiary alicyclic amines) is 1. The minimum atomic E-state index is -1.05. The molecular formula is C24H41N3O5. The molecule has 0 radical (unpaired) electrons. The maximum Gasteiger partial charge on any atom is 0.245 e. The van der Waals surface area contributed by atoms with Gasteiger partial charge in [0.25, 0.3) is 0 Å². The average Bonchev–Trinajstić information content (AvgIpc) is 3.25. The fourth-order valence-corrected chi connectivity index (χ4v) is 6.43. The molecule has 3 N–H and O–H groups in total. The Kier molecular flexibility index (Phi) is 7.25. The van der Waals surface area contributed by atoms with E-state index in [1.165, 1.54) is 0 Å². The van der Waals surface area contributed by atoms with E-state index in [-0.39, 0.29) is 36.2 Å². The molecule has 0 aromatic rings. The van der Waals surface area contributed by atoms with Crippen LogP contribution in [0.5, 0.6) is 0 Å². The Hall–Kier alpha value is -1.67. The van der Waals surface area contributed by atoms with Crippen LogP contribution in [0.4, 0.5) is 0 Å². The molecule has 3 fully saturated rings. The number of hydrogen-bond acceptors (Lipinski definition) is 5. The first kappa shape index (κ1) is 25.0. The Bertz CT molecular complexity index is 743. The lowest BCUT2D eigenvalue weighted by molar-refractivity contribution is -0.151. The molecule has 3 aliphatic heterocycles. The van der Waals surface area contributed by atoms with Gasteiger partial charge in [-0.1, -0.05) is 40.5 Å². The van der Waals surface area contributed by atoms with E-state index in [1.54, 1.807) is 11.9 Å². The zero-order valence-corrected chi connectivity index (χ0v) is 20.4. The highest BCUT2D eigenvalue weighted by Gasteiger charge is 2.80. The minimum absolute atomic E-state index is 0.0156. The summed E-state index contributed by atoms with van der Waals surface area (Å²) >= 11 is 0. The van der Waals surface area contributed by atoms with Gasteiger partial charge < -0.3 is 25.4 Å². The predicted molar refractivity (Wildman–Crippen MR) is 121 cm³/mol. The topological polar surface area (TPSA) is 108 Å². The quantitative estimate of drug-likeness (QED) is 0.436. The number of carbonyl (C=O) groups is 3. The summed E-state index contributed by atoms with van der Waals surface area (Å²) in [4.78, 5) is 42.0. The Morgan fingerprint density at radius 2 is 1.97 bits per heavy atom. The van der Waals surface area contributed by atoms with Crippen molar-refractivity contribution in [1.29, 1.82) is 0 Å². The highest BCUT2D eigenvalue weighted by Crippen LogP contribution is 2.65. The van der Waals surface area contributed by atoms with Crippen LogP contribution >= 0.6 is 0 Å². The van der Waals surface area contributed by atoms with Crippen LogP contribution in [0.15, 0.2) is 0 Å². The van der Waals surface area contributed by atoms with Crippen LogP contribution in [0.3, 0.4) is 0 Å². The molecule has 3 saturated heterocycles. The largest absolute Gasteiger partial charge is 0.394 e. The molecule has 1 spiro atoms. The molecule has 8 heteroatoms. The summed E-state index contributed by atoms with van der Waals surface area (Å²) in [6.07, 6.45) is 4.03. The number of nitrogens with one attached hydrogen (secondary N) is 2. The summed E-state index contributed by atoms with van der Waals surface area (Å²) in [6.45, 7) is 10.4. The Morgan fingerprint density at radius 1 is 1.28 bits per heavy atom. The molecule has 2 bridgehead atoms. The fourth-order valence-electron chi connectivity index (χ4n) is 6.43. The van der Waals surface area contributed by atoms with Crippen molar-refractivity contribution in [2.75, 3.05) is 20.2 Å². The maximum absolute atomic E-state index is 13.9. The lowest BCUT2D eigenvalue weighted by Gasteiger charge is -2.37. The molecule has 3 rings (SSSR count). The lowest BCUT2D eigenvalue weighted by Crippen LogP contribution is -2.58. The summed E-state index contributed by atoms with van der Waals surface area (Å²) in [7, 11) is 1.57. The second-order valence-electron chi connectivity index (χ2n) is 10.5. The molecule has 8 nitrogen and oxygen atoms in total. The number of unbranched alkanes of at least 4 members (excludes halogenated alkanes) is 2. The summed E-state index contributed by atoms with van der Waals surface area (Å²) in [5.74, 6) is -1.86. The van der Waals surface area contributed by atoms with E-state index >= 15 is 0 Å². The first-order valence-electron chi connectivity index (χ1n) is 12.2. The van der Waals surface area contributed by atoms with Gasteiger partial charge >= 0.3 is 0 Å². The van der Waals surface area contributed by atoms with Crippen molar-refractivity contribution in [3.63, 3.8) is 0 Å². The number of carbonyl (C=O) groups excluding carboxylic acids is 3. The normalized spacial score (nSPS) is 36.5. The van der Waals surface area contributed by atoms with Crippen LogP contribution in [-0.2, 0) is 19.1 Å². The van der Waals surface area contributed by atoms with Gasteiger partial charge in [-0.15, -0.1) is 0 Å². The number of nitrogens with zero attached hydrogens (tertiary/aromatic N) is 1. The van der Waals surface area contributed by atoms with Gasteiger partial charge in [-0.2, -0.15) is 0 Å². The van der Waals surface area contributed by atoms with E-state index < -0.39 is 35.1 Å². The van der Waals surface area contributed by atoms with Crippen molar-refractivity contribution in [2.45, 2.75) is 90.0 Å². The van der Waals surface area contributed by atoms with Crippen LogP contribution in [0.25, 0.3) is 0 Å². The zero-order chi connectivity index (χ0) is 23.8. The van der Waals surface area contributed by atoms with Gasteiger partial charge in [-0.3, -0.25) is 14.4 Å². The van der Waals surface area contributed by atoms with Gasteiger partial charge in [0, 0.05) is 13.6 Å². The summed E-state index contributed by atoms with van der Waals surface area (Å²) in [5.41, 5.74) is -1.86. The lowest BCUT2D eigenvalue weighted by atomic mass is 9.62. The van der Waals surface area contributed by atoms with Crippen LogP contribution in [0, 0.1) is 23.7 Å². The first-order valence-corrected chi connectivity index (χ1v) is 12.2. The molecule has 0 aliphatic carbocycles. The van der Waals surface area contributed by atoms with Crippen LogP contribution in [0.2, 0.25) is 0 Å². The van der Waals surface area contributed by atoms with Gasteiger partial charge in [-0.05, 0) is 38.0 Å². The molecule has 3 amide bonds. The van der Waals surface area contributed by atoms with Gasteiger partial charge in [-0.25, -0.2) is 0 Å². The second-order valence-corrected chi connectivity index (χ2v) is 10.5. The molecule has 3 aliphatic rings. The standard InChI is InChI=1S/C24H41N3O5/c1-7-8-9-10-26-21(30)19-24-12-15(4)23(5,32-24)17(20(29)25-6)18(24)22(31)27(19)16(13-28)11-14(2)3/h14-19,28H,7-13H2,1-6H3,(H,25,29)(H,26,30)/t15?,16-,17+,18+,19?,23-,24?/m1/s1. The van der Waals surface area contributed by atoms with Gasteiger partial charge in [0.1, 0.15) is 11.6 Å². The molecule has 3 unspecified atom stereocenters. The van der Waals surface area contributed by atoms with Crippen molar-refractivity contribution >= 4 is 17.7 Å². The summed E-state index contributed by atoms with van der Waals surface area (Å²) < 4.78 is 6.61. The number of amides is 3. The molecular weight excluding hydrogens is 410 g/mol. The van der Waals surface area contributed by atoms with E-state index in [9.17, 15) is 19.5 Å². The van der Waals surface area contributed by atoms with Crippen LogP contribution in [0.1, 0.15) is 66.7 Å². The number of ether oxygens (including phenoxy) is 1. The van der Waals surface area contributed by atoms with Crippen molar-refractivity contribution in [3.8, 4) is 0 Å². The number of aliphatic hydroxyl groups is 1. The number of hydrogen-bond donors (Lipinski definition) is 3. The zero-order valence-electron chi connectivity index (χ0n) is 20.4. The third-order valence-corrected chi connectivity index (χ3v) is 7.96. The van der Waals surface area contributed by atoms with Gasteiger partial charge in [0.05, 0.1) is 30.1 Å². The van der Waals surface area contributed by atoms with E-state index in [1.807, 2.05) is 27.7 Å². The van der Waals surface area contributed by atoms with Crippen molar-refractivity contribution < 1.29 is 24.2 Å². The Labute approximate surface area is 191 Å². The third-order valence-electron chi connectivity index (χ3n) is 7.96. The van der Waals surface area contributed by atoms with Gasteiger partial charge in [0.15, 0.2) is 0 Å². The van der Waals surface area contributed by atoms with E-state index in [2.05, 4.69) is 17.6 Å². The van der Waals surface area contributed by atoms with Crippen molar-refractivity contribution in [2.24, 2.45) is 23.7 Å². The average molecular weight is 452 g/mol. The Morgan fingerprint density at radius 3 is 2.53 bits per heavy atom. The minimum Gasteiger partial charge on any atom is -0.394 e. The van der Waals surface area contributed by atoms with E-state index in [4.69, 9.17) is 4.74 Å². The molecule has 3 heterocycles. The molecule has 7 atom stereocenters. The highest BCUT2D eigenvalue weighted by atomic mass is 16.5. The molecule has 32 heavy (non-hydrogen) atoms. The van der Waals surface area contributed by atoms with E-state index in [0.29, 0.717) is 19.4 Å². The molecule has 0 saturated carbocycles. The Balaban J connectivity index is 2.04. The SMILES string of the molecule is CCCCCNC(=O)C1N([C@@H](CO)CC(C)C)C(=O)[C@@H]2[C@@H](C(=O)NC)[C@]3(C)OC12CC3C. The third kappa shape index (κ3) is 3.73. The van der Waals surface area contributed by atoms with E-state index in [0.717, 1.165) is 19.3 Å². The molecule has 182 valence electrons. The number of aliphatic hydroxyl groups excluding tert-OH is 1. The molecule has 0 aromatic heterocycles. The highest BCUT2D eigenvalue weighted by molar-refractivity contribution is 5.99. The van der Waals surface area contributed by atoms with Crippen molar-refractivity contribution in [1.82, 2.24) is 15.5 Å². The second kappa shape index (κ2) is 9.29. The summed E-state index contributed by atoms with van der Waals surface area (Å²) in [5, 5.41) is 15.9.